The molecule has 0 fully saturated rings. The van der Waals surface area contributed by atoms with Crippen molar-refractivity contribution in [3.8, 4) is 11.6 Å². The maximum Gasteiger partial charge on any atom is 0.237 e. The second-order valence-electron chi connectivity index (χ2n) is 5.42. The molecule has 0 atom stereocenters. The van der Waals surface area contributed by atoms with E-state index < -0.39 is 0 Å². The first kappa shape index (κ1) is 15.4. The van der Waals surface area contributed by atoms with E-state index in [1.165, 1.54) is 11.1 Å². The van der Waals surface area contributed by atoms with E-state index in [1.54, 1.807) is 12.4 Å². The Morgan fingerprint density at radius 3 is 2.62 bits per heavy atom. The highest BCUT2D eigenvalue weighted by Gasteiger charge is 2.10. The minimum Gasteiger partial charge on any atom is -0.437 e. The van der Waals surface area contributed by atoms with Crippen molar-refractivity contribution in [3.63, 3.8) is 0 Å². The molecule has 0 aliphatic rings. The van der Waals surface area contributed by atoms with Gasteiger partial charge in [-0.3, -0.25) is 4.98 Å². The third kappa shape index (κ3) is 4.26. The molecule has 2 rings (SSSR count). The first-order chi connectivity index (χ1) is 10.1. The average Bonchev–Trinajstić information content (AvgIpc) is 2.46. The van der Waals surface area contributed by atoms with Crippen molar-refractivity contribution in [1.29, 1.82) is 0 Å². The summed E-state index contributed by atoms with van der Waals surface area (Å²) in [5, 5.41) is 3.22. The Morgan fingerprint density at radius 1 is 1.19 bits per heavy atom. The Bertz CT molecular complexity index is 579. The van der Waals surface area contributed by atoms with E-state index in [4.69, 9.17) is 4.74 Å². The van der Waals surface area contributed by atoms with Crippen LogP contribution in [0.1, 0.15) is 43.5 Å². The Balaban J connectivity index is 2.16. The van der Waals surface area contributed by atoms with Gasteiger partial charge in [0.05, 0.1) is 18.1 Å². The molecule has 0 radical (unpaired) electrons. The van der Waals surface area contributed by atoms with Gasteiger partial charge in [0.2, 0.25) is 5.88 Å². The van der Waals surface area contributed by atoms with Crippen LogP contribution in [-0.4, -0.2) is 16.5 Å². The van der Waals surface area contributed by atoms with Crippen molar-refractivity contribution in [3.05, 3.63) is 47.4 Å². The van der Waals surface area contributed by atoms with Crippen molar-refractivity contribution in [2.45, 2.75) is 40.2 Å². The Kier molecular flexibility index (Phi) is 5.28. The number of nitrogens with zero attached hydrogens (tertiary/aromatic N) is 2. The van der Waals surface area contributed by atoms with E-state index in [1.807, 2.05) is 6.07 Å². The topological polar surface area (TPSA) is 47.0 Å². The lowest BCUT2D eigenvalue weighted by Gasteiger charge is -2.14. The monoisotopic (exact) mass is 285 g/mol. The van der Waals surface area contributed by atoms with Gasteiger partial charge in [-0.25, -0.2) is 4.98 Å². The highest BCUT2D eigenvalue weighted by molar-refractivity contribution is 5.40. The average molecular weight is 285 g/mol. The summed E-state index contributed by atoms with van der Waals surface area (Å²) in [5.74, 6) is 1.79. The number of aryl methyl sites for hydroxylation is 1. The van der Waals surface area contributed by atoms with Crippen LogP contribution in [0.15, 0.2) is 30.6 Å². The van der Waals surface area contributed by atoms with Crippen LogP contribution in [0.3, 0.4) is 0 Å². The SMILES string of the molecule is CCNCc1cnc(Oc2cc(C)ccc2C(C)C)cn1. The minimum absolute atomic E-state index is 0.404. The number of ether oxygens (including phenoxy) is 1. The summed E-state index contributed by atoms with van der Waals surface area (Å²) in [6, 6.07) is 6.26. The molecule has 112 valence electrons. The molecule has 0 spiro atoms. The number of hydrogen-bond acceptors (Lipinski definition) is 4. The lowest BCUT2D eigenvalue weighted by molar-refractivity contribution is 0.450. The van der Waals surface area contributed by atoms with Crippen molar-refractivity contribution in [1.82, 2.24) is 15.3 Å². The van der Waals surface area contributed by atoms with E-state index in [0.29, 0.717) is 11.8 Å². The van der Waals surface area contributed by atoms with E-state index in [9.17, 15) is 0 Å². The van der Waals surface area contributed by atoms with E-state index in [-0.39, 0.29) is 0 Å². The third-order valence-corrected chi connectivity index (χ3v) is 3.24. The lowest BCUT2D eigenvalue weighted by atomic mass is 10.0. The summed E-state index contributed by atoms with van der Waals surface area (Å²) in [6.45, 7) is 10.1. The second kappa shape index (κ2) is 7.18. The molecule has 0 unspecified atom stereocenters. The van der Waals surface area contributed by atoms with Crippen LogP contribution < -0.4 is 10.1 Å². The predicted molar refractivity (Wildman–Crippen MR) is 84.8 cm³/mol. The molecule has 4 heteroatoms. The van der Waals surface area contributed by atoms with Crippen molar-refractivity contribution >= 4 is 0 Å². The Hall–Kier alpha value is -1.94. The molecule has 21 heavy (non-hydrogen) atoms. The minimum atomic E-state index is 0.404. The fourth-order valence-corrected chi connectivity index (χ4v) is 2.06. The number of aromatic nitrogens is 2. The summed E-state index contributed by atoms with van der Waals surface area (Å²) in [6.07, 6.45) is 3.43. The summed E-state index contributed by atoms with van der Waals surface area (Å²) in [4.78, 5) is 8.69. The summed E-state index contributed by atoms with van der Waals surface area (Å²) in [7, 11) is 0. The highest BCUT2D eigenvalue weighted by Crippen LogP contribution is 2.30. The van der Waals surface area contributed by atoms with Crippen LogP contribution in [0.25, 0.3) is 0 Å². The van der Waals surface area contributed by atoms with Crippen LogP contribution in [0, 0.1) is 6.92 Å². The van der Waals surface area contributed by atoms with Gasteiger partial charge in [-0.2, -0.15) is 0 Å². The predicted octanol–water partition coefficient (Wildman–Crippen LogP) is 3.81. The number of rotatable bonds is 6. The van der Waals surface area contributed by atoms with Gasteiger partial charge in [0.25, 0.3) is 0 Å². The maximum atomic E-state index is 5.92. The normalized spacial score (nSPS) is 10.9. The largest absolute Gasteiger partial charge is 0.437 e. The molecule has 0 saturated carbocycles. The zero-order valence-electron chi connectivity index (χ0n) is 13.2. The van der Waals surface area contributed by atoms with Gasteiger partial charge in [0.15, 0.2) is 0 Å². The van der Waals surface area contributed by atoms with Crippen LogP contribution in [0.5, 0.6) is 11.6 Å². The molecule has 1 N–H and O–H groups in total. The number of nitrogens with one attached hydrogen (secondary N) is 1. The van der Waals surface area contributed by atoms with Crippen LogP contribution >= 0.6 is 0 Å². The van der Waals surface area contributed by atoms with Crippen molar-refractivity contribution < 1.29 is 4.74 Å². The van der Waals surface area contributed by atoms with Gasteiger partial charge in [-0.05, 0) is 36.6 Å². The summed E-state index contributed by atoms with van der Waals surface area (Å²) in [5.41, 5.74) is 3.27. The van der Waals surface area contributed by atoms with E-state index >= 15 is 0 Å². The zero-order chi connectivity index (χ0) is 15.2. The molecular weight excluding hydrogens is 262 g/mol. The summed E-state index contributed by atoms with van der Waals surface area (Å²) < 4.78 is 5.92. The first-order valence-corrected chi connectivity index (χ1v) is 7.40. The molecule has 0 amide bonds. The summed E-state index contributed by atoms with van der Waals surface area (Å²) >= 11 is 0. The molecule has 2 aromatic rings. The lowest BCUT2D eigenvalue weighted by Crippen LogP contribution is -2.13. The molecule has 4 nitrogen and oxygen atoms in total. The van der Waals surface area contributed by atoms with E-state index in [2.05, 4.69) is 55.1 Å². The third-order valence-electron chi connectivity index (χ3n) is 3.24. The van der Waals surface area contributed by atoms with E-state index in [0.717, 1.165) is 24.5 Å². The van der Waals surface area contributed by atoms with Crippen molar-refractivity contribution in [2.24, 2.45) is 0 Å². The van der Waals surface area contributed by atoms with Gasteiger partial charge >= 0.3 is 0 Å². The van der Waals surface area contributed by atoms with Crippen molar-refractivity contribution in [2.75, 3.05) is 6.54 Å². The number of benzene rings is 1. The zero-order valence-corrected chi connectivity index (χ0v) is 13.2. The molecular formula is C17H23N3O. The van der Waals surface area contributed by atoms with Gasteiger partial charge in [-0.15, -0.1) is 0 Å². The fourth-order valence-electron chi connectivity index (χ4n) is 2.06. The van der Waals surface area contributed by atoms with Crippen LogP contribution in [-0.2, 0) is 6.54 Å². The molecule has 1 aromatic carbocycles. The second-order valence-corrected chi connectivity index (χ2v) is 5.42. The van der Waals surface area contributed by atoms with Gasteiger partial charge < -0.3 is 10.1 Å². The molecule has 1 heterocycles. The standard InChI is InChI=1S/C17H23N3O/c1-5-18-9-14-10-20-17(11-19-14)21-16-8-13(4)6-7-15(16)12(2)3/h6-8,10-12,18H,5,9H2,1-4H3. The first-order valence-electron chi connectivity index (χ1n) is 7.40. The Labute approximate surface area is 126 Å². The molecule has 0 bridgehead atoms. The smallest absolute Gasteiger partial charge is 0.237 e. The number of hydrogen-bond donors (Lipinski definition) is 1. The Morgan fingerprint density at radius 2 is 2.00 bits per heavy atom. The molecule has 1 aromatic heterocycles. The van der Waals surface area contributed by atoms with Gasteiger partial charge in [0.1, 0.15) is 5.75 Å². The highest BCUT2D eigenvalue weighted by atomic mass is 16.5. The van der Waals surface area contributed by atoms with Crippen LogP contribution in [0.4, 0.5) is 0 Å². The fraction of sp³-hybridized carbons (Fsp3) is 0.412. The molecule has 0 aliphatic carbocycles. The van der Waals surface area contributed by atoms with Crippen LogP contribution in [0.2, 0.25) is 0 Å². The van der Waals surface area contributed by atoms with Gasteiger partial charge in [0, 0.05) is 6.54 Å². The maximum absolute atomic E-state index is 5.92. The quantitative estimate of drug-likeness (QED) is 0.876. The van der Waals surface area contributed by atoms with Gasteiger partial charge in [-0.1, -0.05) is 32.9 Å². The molecule has 0 saturated heterocycles. The molecule has 0 aliphatic heterocycles.